The smallest absolute Gasteiger partial charge is 0.254 e. The molecule has 0 fully saturated rings. The lowest BCUT2D eigenvalue weighted by atomic mass is 10.1. The van der Waals surface area contributed by atoms with Crippen LogP contribution in [0.1, 0.15) is 23.0 Å². The lowest BCUT2D eigenvalue weighted by Crippen LogP contribution is -2.29. The van der Waals surface area contributed by atoms with Gasteiger partial charge in [0, 0.05) is 28.6 Å². The Balaban J connectivity index is 1.90. The lowest BCUT2D eigenvalue weighted by Gasteiger charge is -2.13. The van der Waals surface area contributed by atoms with E-state index in [-0.39, 0.29) is 23.7 Å². The van der Waals surface area contributed by atoms with Crippen LogP contribution >= 0.6 is 0 Å². The Morgan fingerprint density at radius 1 is 1.11 bits per heavy atom. The summed E-state index contributed by atoms with van der Waals surface area (Å²) in [4.78, 5) is 40.8. The van der Waals surface area contributed by atoms with Gasteiger partial charge in [-0.05, 0) is 50.2 Å². The third-order valence-corrected chi connectivity index (χ3v) is 4.09. The highest BCUT2D eigenvalue weighted by atomic mass is 19.1. The molecule has 0 aliphatic carbocycles. The van der Waals surface area contributed by atoms with Gasteiger partial charge in [-0.25, -0.2) is 9.37 Å². The summed E-state index contributed by atoms with van der Waals surface area (Å²) in [6.07, 6.45) is 0. The van der Waals surface area contributed by atoms with Gasteiger partial charge in [0.1, 0.15) is 18.2 Å². The molecule has 0 unspecified atom stereocenters. The van der Waals surface area contributed by atoms with E-state index in [2.05, 4.69) is 10.3 Å². The Kier molecular flexibility index (Phi) is 5.44. The van der Waals surface area contributed by atoms with E-state index in [0.29, 0.717) is 22.5 Å². The minimum absolute atomic E-state index is 0.117. The number of carbonyl (C=O) groups excluding carboxylic acids is 2. The second-order valence-electron chi connectivity index (χ2n) is 6.34. The maximum Gasteiger partial charge on any atom is 0.254 e. The van der Waals surface area contributed by atoms with Gasteiger partial charge < -0.3 is 5.32 Å². The summed E-state index contributed by atoms with van der Waals surface area (Å²) < 4.78 is 14.5. The number of anilines is 1. The number of nitrogens with zero attached hydrogens (tertiary/aromatic N) is 2. The summed E-state index contributed by atoms with van der Waals surface area (Å²) in [6, 6.07) is 13.4. The van der Waals surface area contributed by atoms with Crippen molar-refractivity contribution >= 4 is 17.4 Å². The molecule has 0 atom stereocenters. The van der Waals surface area contributed by atoms with Crippen molar-refractivity contribution < 1.29 is 14.0 Å². The van der Waals surface area contributed by atoms with Crippen LogP contribution in [-0.4, -0.2) is 21.2 Å². The fourth-order valence-electron chi connectivity index (χ4n) is 2.75. The first-order chi connectivity index (χ1) is 13.3. The molecule has 0 saturated carbocycles. The Morgan fingerprint density at radius 2 is 1.82 bits per heavy atom. The average molecular weight is 379 g/mol. The highest BCUT2D eigenvalue weighted by molar-refractivity contribution is 5.97. The van der Waals surface area contributed by atoms with Crippen molar-refractivity contribution in [2.24, 2.45) is 0 Å². The van der Waals surface area contributed by atoms with Gasteiger partial charge in [-0.15, -0.1) is 0 Å². The number of nitrogens with one attached hydrogen (secondary N) is 1. The van der Waals surface area contributed by atoms with Gasteiger partial charge in [-0.2, -0.15) is 0 Å². The Morgan fingerprint density at radius 3 is 2.50 bits per heavy atom. The van der Waals surface area contributed by atoms with Gasteiger partial charge in [0.25, 0.3) is 5.56 Å². The molecule has 0 aliphatic rings. The van der Waals surface area contributed by atoms with Gasteiger partial charge in [0.05, 0.1) is 0 Å². The highest BCUT2D eigenvalue weighted by Crippen LogP contribution is 2.17. The number of benzene rings is 2. The van der Waals surface area contributed by atoms with Crippen molar-refractivity contribution in [1.82, 2.24) is 9.55 Å². The SMILES string of the molecule is CC(=O)c1cccc(NC(=O)Cn2c(-c3ccc(F)cc3)nc(C)cc2=O)c1. The minimum Gasteiger partial charge on any atom is -0.325 e. The summed E-state index contributed by atoms with van der Waals surface area (Å²) >= 11 is 0. The first kappa shape index (κ1) is 19.2. The number of Topliss-reactive ketones (excluding diaryl/α,β-unsaturated/α-hetero) is 1. The normalized spacial score (nSPS) is 10.5. The standard InChI is InChI=1S/C21H18FN3O3/c1-13-10-20(28)25(21(23-13)15-6-8-17(22)9-7-15)12-19(27)24-18-5-3-4-16(11-18)14(2)26/h3-11H,12H2,1-2H3,(H,24,27). The molecule has 0 saturated heterocycles. The Bertz CT molecular complexity index is 1100. The summed E-state index contributed by atoms with van der Waals surface area (Å²) in [5.74, 6) is -0.698. The molecule has 7 heteroatoms. The maximum atomic E-state index is 13.2. The molecule has 28 heavy (non-hydrogen) atoms. The van der Waals surface area contributed by atoms with E-state index in [4.69, 9.17) is 0 Å². The number of amides is 1. The van der Waals surface area contributed by atoms with Crippen molar-refractivity contribution in [2.45, 2.75) is 20.4 Å². The number of carbonyl (C=O) groups is 2. The van der Waals surface area contributed by atoms with Crippen LogP contribution in [0.2, 0.25) is 0 Å². The fraction of sp³-hybridized carbons (Fsp3) is 0.143. The lowest BCUT2D eigenvalue weighted by molar-refractivity contribution is -0.116. The molecule has 0 bridgehead atoms. The molecule has 6 nitrogen and oxygen atoms in total. The Labute approximate surface area is 160 Å². The van der Waals surface area contributed by atoms with Crippen LogP contribution in [0.25, 0.3) is 11.4 Å². The predicted molar refractivity (Wildman–Crippen MR) is 104 cm³/mol. The third kappa shape index (κ3) is 4.37. The zero-order chi connectivity index (χ0) is 20.3. The van der Waals surface area contributed by atoms with Crippen LogP contribution in [0.3, 0.4) is 0 Å². The van der Waals surface area contributed by atoms with Gasteiger partial charge in [-0.3, -0.25) is 19.0 Å². The van der Waals surface area contributed by atoms with Crippen LogP contribution in [-0.2, 0) is 11.3 Å². The molecule has 1 amide bonds. The van der Waals surface area contributed by atoms with Gasteiger partial charge in [-0.1, -0.05) is 12.1 Å². The molecule has 0 aliphatic heterocycles. The van der Waals surface area contributed by atoms with Crippen molar-refractivity contribution in [1.29, 1.82) is 0 Å². The van der Waals surface area contributed by atoms with E-state index in [1.54, 1.807) is 31.2 Å². The van der Waals surface area contributed by atoms with Crippen molar-refractivity contribution in [3.8, 4) is 11.4 Å². The molecule has 0 radical (unpaired) electrons. The van der Waals surface area contributed by atoms with Crippen LogP contribution in [0.15, 0.2) is 59.4 Å². The van der Waals surface area contributed by atoms with Crippen molar-refractivity contribution in [2.75, 3.05) is 5.32 Å². The molecule has 1 aromatic heterocycles. The largest absolute Gasteiger partial charge is 0.325 e. The van der Waals surface area contributed by atoms with E-state index in [0.717, 1.165) is 0 Å². The van der Waals surface area contributed by atoms with Gasteiger partial charge >= 0.3 is 0 Å². The second-order valence-corrected chi connectivity index (χ2v) is 6.34. The van der Waals surface area contributed by atoms with E-state index in [1.807, 2.05) is 0 Å². The number of hydrogen-bond acceptors (Lipinski definition) is 4. The average Bonchev–Trinajstić information content (AvgIpc) is 2.64. The molecule has 142 valence electrons. The predicted octanol–water partition coefficient (Wildman–Crippen LogP) is 3.20. The van der Waals surface area contributed by atoms with Crippen molar-refractivity contribution in [3.63, 3.8) is 0 Å². The maximum absolute atomic E-state index is 13.2. The number of halogens is 1. The minimum atomic E-state index is -0.447. The number of rotatable bonds is 5. The van der Waals surface area contributed by atoms with E-state index < -0.39 is 11.7 Å². The summed E-state index contributed by atoms with van der Waals surface area (Å²) in [5, 5.41) is 2.68. The van der Waals surface area contributed by atoms with Gasteiger partial charge in [0.2, 0.25) is 5.91 Å². The number of aromatic nitrogens is 2. The number of hydrogen-bond donors (Lipinski definition) is 1. The van der Waals surface area contributed by atoms with Gasteiger partial charge in [0.15, 0.2) is 5.78 Å². The summed E-state index contributed by atoms with van der Waals surface area (Å²) in [5.41, 5.74) is 1.55. The van der Waals surface area contributed by atoms with E-state index >= 15 is 0 Å². The van der Waals surface area contributed by atoms with Crippen LogP contribution in [0, 0.1) is 12.7 Å². The second kappa shape index (κ2) is 7.96. The van der Waals surface area contributed by atoms with Crippen molar-refractivity contribution in [3.05, 3.63) is 82.0 Å². The number of aryl methyl sites for hydroxylation is 1. The summed E-state index contributed by atoms with van der Waals surface area (Å²) in [7, 11) is 0. The zero-order valence-electron chi connectivity index (χ0n) is 15.4. The third-order valence-electron chi connectivity index (χ3n) is 4.09. The molecule has 1 N–H and O–H groups in total. The zero-order valence-corrected chi connectivity index (χ0v) is 15.4. The first-order valence-corrected chi connectivity index (χ1v) is 8.59. The molecule has 3 aromatic rings. The molecule has 3 rings (SSSR count). The number of ketones is 1. The van der Waals surface area contributed by atoms with E-state index in [1.165, 1.54) is 41.8 Å². The topological polar surface area (TPSA) is 81.1 Å². The monoisotopic (exact) mass is 379 g/mol. The van der Waals surface area contributed by atoms with E-state index in [9.17, 15) is 18.8 Å². The quantitative estimate of drug-likeness (QED) is 0.691. The summed E-state index contributed by atoms with van der Waals surface area (Å²) in [6.45, 7) is 2.84. The molecule has 1 heterocycles. The fourth-order valence-corrected chi connectivity index (χ4v) is 2.75. The van der Waals surface area contributed by atoms with Crippen LogP contribution in [0.5, 0.6) is 0 Å². The van der Waals surface area contributed by atoms with Crippen LogP contribution in [0.4, 0.5) is 10.1 Å². The molecule has 2 aromatic carbocycles. The highest BCUT2D eigenvalue weighted by Gasteiger charge is 2.14. The molecule has 0 spiro atoms. The first-order valence-electron chi connectivity index (χ1n) is 8.59. The Hall–Kier alpha value is -3.61. The van der Waals surface area contributed by atoms with Crippen LogP contribution < -0.4 is 10.9 Å². The molecular formula is C21H18FN3O3. The molecular weight excluding hydrogens is 361 g/mol.